The van der Waals surface area contributed by atoms with E-state index in [0.29, 0.717) is 28.0 Å². The van der Waals surface area contributed by atoms with E-state index in [9.17, 15) is 4.79 Å². The zero-order valence-electron chi connectivity index (χ0n) is 13.5. The molecule has 0 spiro atoms. The topological polar surface area (TPSA) is 47.6 Å². The lowest BCUT2D eigenvalue weighted by Crippen LogP contribution is -2.35. The van der Waals surface area contributed by atoms with Crippen LogP contribution in [-0.2, 0) is 11.3 Å². The van der Waals surface area contributed by atoms with E-state index in [4.69, 9.17) is 32.7 Å². The Hall–Kier alpha value is -1.75. The Morgan fingerprint density at radius 3 is 2.67 bits per heavy atom. The average Bonchev–Trinajstić information content (AvgIpc) is 2.54. The molecule has 0 heterocycles. The monoisotopic (exact) mass is 367 g/mol. The molecule has 2 aromatic rings. The molecule has 0 aromatic heterocycles. The quantitative estimate of drug-likeness (QED) is 0.791. The van der Waals surface area contributed by atoms with Crippen LogP contribution in [0.4, 0.5) is 0 Å². The molecular formula is C18H19Cl2NO3. The number of para-hydroxylation sites is 1. The number of benzene rings is 2. The molecule has 24 heavy (non-hydrogen) atoms. The Bertz CT molecular complexity index is 706. The molecule has 0 radical (unpaired) electrons. The van der Waals surface area contributed by atoms with Crippen LogP contribution < -0.4 is 10.1 Å². The first-order valence-electron chi connectivity index (χ1n) is 7.47. The van der Waals surface area contributed by atoms with Crippen molar-refractivity contribution in [2.45, 2.75) is 19.6 Å². The Balaban J connectivity index is 2.09. The molecule has 128 valence electrons. The molecule has 0 aliphatic carbocycles. The van der Waals surface area contributed by atoms with Gasteiger partial charge in [0.25, 0.3) is 5.91 Å². The highest BCUT2D eigenvalue weighted by Gasteiger charge is 2.15. The number of carbonyl (C=O) groups is 1. The van der Waals surface area contributed by atoms with Crippen LogP contribution in [-0.4, -0.2) is 25.7 Å². The molecule has 0 aliphatic rings. The smallest absolute Gasteiger partial charge is 0.255 e. The normalized spacial score (nSPS) is 11.8. The van der Waals surface area contributed by atoms with Gasteiger partial charge in [0.1, 0.15) is 12.4 Å². The van der Waals surface area contributed by atoms with Gasteiger partial charge in [0.2, 0.25) is 0 Å². The van der Waals surface area contributed by atoms with Crippen molar-refractivity contribution in [3.63, 3.8) is 0 Å². The molecule has 1 atom stereocenters. The third kappa shape index (κ3) is 5.13. The molecule has 6 heteroatoms. The van der Waals surface area contributed by atoms with E-state index in [0.717, 1.165) is 5.56 Å². The average molecular weight is 368 g/mol. The molecule has 4 nitrogen and oxygen atoms in total. The number of hydrogen-bond donors (Lipinski definition) is 1. The number of hydrogen-bond acceptors (Lipinski definition) is 3. The van der Waals surface area contributed by atoms with Gasteiger partial charge in [-0.3, -0.25) is 4.79 Å². The maximum absolute atomic E-state index is 12.4. The summed E-state index contributed by atoms with van der Waals surface area (Å²) in [5.74, 6) is 0.281. The van der Waals surface area contributed by atoms with Crippen LogP contribution in [0.3, 0.4) is 0 Å². The number of nitrogens with one attached hydrogen (secondary N) is 1. The van der Waals surface area contributed by atoms with E-state index in [2.05, 4.69) is 5.32 Å². The van der Waals surface area contributed by atoms with Crippen LogP contribution in [0.15, 0.2) is 42.5 Å². The number of carbonyl (C=O) groups excluding carboxylic acids is 1. The standard InChI is InChI=1S/C18H19Cl2NO3/c1-12(10-23-2)21-18(22)15-5-3-4-6-17(15)24-11-13-7-8-14(19)9-16(13)20/h3-9,12H,10-11H2,1-2H3,(H,21,22). The predicted octanol–water partition coefficient (Wildman–Crippen LogP) is 4.34. The first kappa shape index (κ1) is 18.6. The molecule has 0 saturated heterocycles. The predicted molar refractivity (Wildman–Crippen MR) is 96.0 cm³/mol. The Morgan fingerprint density at radius 2 is 1.96 bits per heavy atom. The molecular weight excluding hydrogens is 349 g/mol. The van der Waals surface area contributed by atoms with Gasteiger partial charge in [-0.1, -0.05) is 41.4 Å². The van der Waals surface area contributed by atoms with E-state index in [1.165, 1.54) is 0 Å². The summed E-state index contributed by atoms with van der Waals surface area (Å²) in [7, 11) is 1.59. The summed E-state index contributed by atoms with van der Waals surface area (Å²) in [6, 6.07) is 12.2. The van der Waals surface area contributed by atoms with Crippen molar-refractivity contribution in [2.24, 2.45) is 0 Å². The van der Waals surface area contributed by atoms with E-state index in [1.807, 2.05) is 13.0 Å². The molecule has 0 bridgehead atoms. The number of ether oxygens (including phenoxy) is 2. The maximum atomic E-state index is 12.4. The van der Waals surface area contributed by atoms with Crippen molar-refractivity contribution in [3.05, 3.63) is 63.6 Å². The highest BCUT2D eigenvalue weighted by molar-refractivity contribution is 6.35. The number of rotatable bonds is 7. The lowest BCUT2D eigenvalue weighted by Gasteiger charge is -2.15. The van der Waals surface area contributed by atoms with Gasteiger partial charge >= 0.3 is 0 Å². The third-order valence-electron chi connectivity index (χ3n) is 3.32. The van der Waals surface area contributed by atoms with Gasteiger partial charge in [-0.15, -0.1) is 0 Å². The highest BCUT2D eigenvalue weighted by atomic mass is 35.5. The SMILES string of the molecule is COCC(C)NC(=O)c1ccccc1OCc1ccc(Cl)cc1Cl. The second-order valence-electron chi connectivity index (χ2n) is 5.35. The lowest BCUT2D eigenvalue weighted by molar-refractivity contribution is 0.0901. The summed E-state index contributed by atoms with van der Waals surface area (Å²) in [5.41, 5.74) is 1.26. The Kier molecular flexibility index (Phi) is 6.91. The van der Waals surface area contributed by atoms with E-state index < -0.39 is 0 Å². The van der Waals surface area contributed by atoms with Gasteiger partial charge in [0, 0.05) is 28.8 Å². The van der Waals surface area contributed by atoms with Crippen molar-refractivity contribution in [3.8, 4) is 5.75 Å². The summed E-state index contributed by atoms with van der Waals surface area (Å²) < 4.78 is 10.8. The zero-order valence-corrected chi connectivity index (χ0v) is 15.0. The largest absolute Gasteiger partial charge is 0.488 e. The third-order valence-corrected chi connectivity index (χ3v) is 3.91. The first-order chi connectivity index (χ1) is 11.5. The Labute approximate surface area is 151 Å². The molecule has 1 unspecified atom stereocenters. The van der Waals surface area contributed by atoms with Crippen molar-refractivity contribution in [1.82, 2.24) is 5.32 Å². The molecule has 0 aliphatic heterocycles. The minimum absolute atomic E-state index is 0.0961. The van der Waals surface area contributed by atoms with Crippen molar-refractivity contribution >= 4 is 29.1 Å². The second kappa shape index (κ2) is 8.92. The van der Waals surface area contributed by atoms with E-state index in [1.54, 1.807) is 43.5 Å². The molecule has 2 aromatic carbocycles. The van der Waals surface area contributed by atoms with Crippen LogP contribution in [0.1, 0.15) is 22.8 Å². The highest BCUT2D eigenvalue weighted by Crippen LogP contribution is 2.24. The van der Waals surface area contributed by atoms with Crippen molar-refractivity contribution in [2.75, 3.05) is 13.7 Å². The second-order valence-corrected chi connectivity index (χ2v) is 6.19. The van der Waals surface area contributed by atoms with E-state index >= 15 is 0 Å². The number of methoxy groups -OCH3 is 1. The lowest BCUT2D eigenvalue weighted by atomic mass is 10.1. The van der Waals surface area contributed by atoms with Crippen LogP contribution in [0.2, 0.25) is 10.0 Å². The van der Waals surface area contributed by atoms with E-state index in [-0.39, 0.29) is 18.6 Å². The van der Waals surface area contributed by atoms with Gasteiger partial charge in [-0.25, -0.2) is 0 Å². The Morgan fingerprint density at radius 1 is 1.21 bits per heavy atom. The maximum Gasteiger partial charge on any atom is 0.255 e. The van der Waals surface area contributed by atoms with Crippen LogP contribution in [0, 0.1) is 0 Å². The molecule has 1 N–H and O–H groups in total. The van der Waals surface area contributed by atoms with Crippen LogP contribution in [0.5, 0.6) is 5.75 Å². The van der Waals surface area contributed by atoms with Gasteiger partial charge in [0.15, 0.2) is 0 Å². The van der Waals surface area contributed by atoms with Gasteiger partial charge in [-0.05, 0) is 31.2 Å². The minimum atomic E-state index is -0.211. The fourth-order valence-corrected chi connectivity index (χ4v) is 2.63. The zero-order chi connectivity index (χ0) is 17.5. The fourth-order valence-electron chi connectivity index (χ4n) is 2.17. The van der Waals surface area contributed by atoms with Gasteiger partial charge in [0.05, 0.1) is 12.2 Å². The molecule has 0 saturated carbocycles. The summed E-state index contributed by atoms with van der Waals surface area (Å²) in [6.07, 6.45) is 0. The summed E-state index contributed by atoms with van der Waals surface area (Å²) in [5, 5.41) is 3.96. The van der Waals surface area contributed by atoms with Crippen molar-refractivity contribution in [1.29, 1.82) is 0 Å². The minimum Gasteiger partial charge on any atom is -0.488 e. The number of halogens is 2. The summed E-state index contributed by atoms with van der Waals surface area (Å²) >= 11 is 12.0. The van der Waals surface area contributed by atoms with Gasteiger partial charge in [-0.2, -0.15) is 0 Å². The summed E-state index contributed by atoms with van der Waals surface area (Å²) in [4.78, 5) is 12.4. The molecule has 1 amide bonds. The number of amides is 1. The molecule has 0 fully saturated rings. The van der Waals surface area contributed by atoms with Gasteiger partial charge < -0.3 is 14.8 Å². The summed E-state index contributed by atoms with van der Waals surface area (Å²) in [6.45, 7) is 2.56. The molecule has 2 rings (SSSR count). The van der Waals surface area contributed by atoms with Crippen molar-refractivity contribution < 1.29 is 14.3 Å². The first-order valence-corrected chi connectivity index (χ1v) is 8.22. The van der Waals surface area contributed by atoms with Crippen LogP contribution in [0.25, 0.3) is 0 Å². The fraction of sp³-hybridized carbons (Fsp3) is 0.278. The van der Waals surface area contributed by atoms with Crippen LogP contribution >= 0.6 is 23.2 Å².